The number of amides is 1. The van der Waals surface area contributed by atoms with E-state index in [2.05, 4.69) is 48.0 Å². The van der Waals surface area contributed by atoms with Crippen LogP contribution >= 0.6 is 44.1 Å². The molecule has 0 spiro atoms. The first-order valence-corrected chi connectivity index (χ1v) is 8.25. The molecule has 0 radical (unpaired) electrons. The SMILES string of the molecule is CNC(=S)NNC(=O)CC1(c2cc(Br)cc(Br)c2)COC1. The number of hydrogen-bond donors (Lipinski definition) is 3. The highest BCUT2D eigenvalue weighted by atomic mass is 79.9. The van der Waals surface area contributed by atoms with Crippen LogP contribution in [0.15, 0.2) is 27.1 Å². The van der Waals surface area contributed by atoms with Crippen LogP contribution in [0.2, 0.25) is 0 Å². The molecule has 1 aliphatic heterocycles. The molecule has 1 heterocycles. The van der Waals surface area contributed by atoms with E-state index >= 15 is 0 Å². The average molecular weight is 437 g/mol. The monoisotopic (exact) mass is 435 g/mol. The fourth-order valence-corrected chi connectivity index (χ4v) is 3.46. The number of benzene rings is 1. The molecule has 114 valence electrons. The van der Waals surface area contributed by atoms with Crippen molar-refractivity contribution in [2.24, 2.45) is 0 Å². The van der Waals surface area contributed by atoms with Gasteiger partial charge in [0.05, 0.1) is 18.6 Å². The molecule has 1 amide bonds. The molecule has 1 aliphatic rings. The lowest BCUT2D eigenvalue weighted by Crippen LogP contribution is -2.53. The number of hydrazine groups is 1. The summed E-state index contributed by atoms with van der Waals surface area (Å²) in [4.78, 5) is 12.1. The van der Waals surface area contributed by atoms with E-state index in [1.165, 1.54) is 0 Å². The largest absolute Gasteiger partial charge is 0.379 e. The number of carbonyl (C=O) groups is 1. The van der Waals surface area contributed by atoms with Gasteiger partial charge in [-0.1, -0.05) is 31.9 Å². The first-order chi connectivity index (χ1) is 9.95. The Morgan fingerprint density at radius 2 is 1.90 bits per heavy atom. The standard InChI is InChI=1S/C13H15Br2N3O2S/c1-16-12(21)18-17-11(19)5-13(6-20-7-13)8-2-9(14)4-10(15)3-8/h2-4H,5-7H2,1H3,(H,17,19)(H2,16,18,21). The van der Waals surface area contributed by atoms with E-state index in [-0.39, 0.29) is 11.3 Å². The van der Waals surface area contributed by atoms with Gasteiger partial charge in [-0.3, -0.25) is 15.6 Å². The Kier molecular flexibility index (Phi) is 5.59. The summed E-state index contributed by atoms with van der Waals surface area (Å²) in [6, 6.07) is 6.00. The topological polar surface area (TPSA) is 62.4 Å². The number of hydrogen-bond acceptors (Lipinski definition) is 3. The second-order valence-electron chi connectivity index (χ2n) is 4.86. The second-order valence-corrected chi connectivity index (χ2v) is 7.10. The minimum absolute atomic E-state index is 0.132. The third kappa shape index (κ3) is 4.15. The second kappa shape index (κ2) is 7.04. The van der Waals surface area contributed by atoms with Crippen LogP contribution in [0.1, 0.15) is 12.0 Å². The number of halogens is 2. The molecule has 1 saturated heterocycles. The molecule has 0 aromatic heterocycles. The molecule has 2 rings (SSSR count). The highest BCUT2D eigenvalue weighted by molar-refractivity contribution is 9.11. The molecule has 8 heteroatoms. The third-order valence-electron chi connectivity index (χ3n) is 3.27. The van der Waals surface area contributed by atoms with Crippen LogP contribution in [0.5, 0.6) is 0 Å². The zero-order chi connectivity index (χ0) is 15.5. The van der Waals surface area contributed by atoms with Crippen molar-refractivity contribution in [1.82, 2.24) is 16.2 Å². The zero-order valence-electron chi connectivity index (χ0n) is 11.3. The molecule has 1 aromatic rings. The van der Waals surface area contributed by atoms with Crippen molar-refractivity contribution in [2.45, 2.75) is 11.8 Å². The zero-order valence-corrected chi connectivity index (χ0v) is 15.3. The van der Waals surface area contributed by atoms with Gasteiger partial charge in [-0.05, 0) is 36.0 Å². The summed E-state index contributed by atoms with van der Waals surface area (Å²) < 4.78 is 7.28. The highest BCUT2D eigenvalue weighted by Crippen LogP contribution is 2.38. The summed E-state index contributed by atoms with van der Waals surface area (Å²) in [5.41, 5.74) is 6.00. The van der Waals surface area contributed by atoms with Crippen molar-refractivity contribution < 1.29 is 9.53 Å². The van der Waals surface area contributed by atoms with Gasteiger partial charge in [0.15, 0.2) is 5.11 Å². The minimum Gasteiger partial charge on any atom is -0.379 e. The molecule has 0 unspecified atom stereocenters. The van der Waals surface area contributed by atoms with Gasteiger partial charge < -0.3 is 10.1 Å². The lowest BCUT2D eigenvalue weighted by molar-refractivity contribution is -0.130. The maximum Gasteiger partial charge on any atom is 0.239 e. The Hall–Kier alpha value is -0.700. The minimum atomic E-state index is -0.292. The summed E-state index contributed by atoms with van der Waals surface area (Å²) in [5, 5.41) is 3.09. The van der Waals surface area contributed by atoms with E-state index in [0.29, 0.717) is 24.7 Å². The van der Waals surface area contributed by atoms with Crippen LogP contribution < -0.4 is 16.2 Å². The van der Waals surface area contributed by atoms with E-state index in [0.717, 1.165) is 14.5 Å². The van der Waals surface area contributed by atoms with Crippen molar-refractivity contribution in [3.63, 3.8) is 0 Å². The lowest BCUT2D eigenvalue weighted by atomic mass is 9.75. The van der Waals surface area contributed by atoms with Crippen molar-refractivity contribution in [3.8, 4) is 0 Å². The molecular formula is C13H15Br2N3O2S. The lowest BCUT2D eigenvalue weighted by Gasteiger charge is -2.41. The average Bonchev–Trinajstić information content (AvgIpc) is 2.39. The molecule has 0 aliphatic carbocycles. The van der Waals surface area contributed by atoms with Gasteiger partial charge in [0.25, 0.3) is 0 Å². The summed E-state index contributed by atoms with van der Waals surface area (Å²) in [7, 11) is 1.68. The first kappa shape index (κ1) is 16.7. The number of thiocarbonyl (C=S) groups is 1. The van der Waals surface area contributed by atoms with Crippen LogP contribution in [-0.4, -0.2) is 31.3 Å². The van der Waals surface area contributed by atoms with Crippen LogP contribution in [0, 0.1) is 0 Å². The third-order valence-corrected chi connectivity index (χ3v) is 4.49. The number of carbonyl (C=O) groups excluding carboxylic acids is 1. The van der Waals surface area contributed by atoms with E-state index in [1.54, 1.807) is 7.05 Å². The molecule has 0 saturated carbocycles. The Labute approximate surface area is 145 Å². The molecular weight excluding hydrogens is 422 g/mol. The summed E-state index contributed by atoms with van der Waals surface area (Å²) in [6.45, 7) is 1.06. The highest BCUT2D eigenvalue weighted by Gasteiger charge is 2.42. The molecule has 0 bridgehead atoms. The Bertz CT molecular complexity index is 544. The van der Waals surface area contributed by atoms with E-state index in [1.807, 2.05) is 18.2 Å². The number of rotatable bonds is 3. The van der Waals surface area contributed by atoms with Crippen LogP contribution in [0.3, 0.4) is 0 Å². The number of nitrogens with one attached hydrogen (secondary N) is 3. The van der Waals surface area contributed by atoms with Crippen molar-refractivity contribution >= 4 is 55.1 Å². The molecule has 3 N–H and O–H groups in total. The summed E-state index contributed by atoms with van der Waals surface area (Å²) >= 11 is 11.9. The van der Waals surface area contributed by atoms with Crippen molar-refractivity contribution in [2.75, 3.05) is 20.3 Å². The van der Waals surface area contributed by atoms with Crippen LogP contribution in [-0.2, 0) is 14.9 Å². The Morgan fingerprint density at radius 1 is 1.29 bits per heavy atom. The Morgan fingerprint density at radius 3 is 2.38 bits per heavy atom. The van der Waals surface area contributed by atoms with E-state index in [4.69, 9.17) is 17.0 Å². The van der Waals surface area contributed by atoms with Crippen molar-refractivity contribution in [3.05, 3.63) is 32.7 Å². The molecule has 5 nitrogen and oxygen atoms in total. The van der Waals surface area contributed by atoms with Gasteiger partial charge in [-0.2, -0.15) is 0 Å². The number of ether oxygens (including phenoxy) is 1. The maximum absolute atomic E-state index is 12.1. The van der Waals surface area contributed by atoms with E-state index < -0.39 is 0 Å². The smallest absolute Gasteiger partial charge is 0.239 e. The van der Waals surface area contributed by atoms with E-state index in [9.17, 15) is 4.79 Å². The first-order valence-electron chi connectivity index (χ1n) is 6.26. The van der Waals surface area contributed by atoms with Gasteiger partial charge in [-0.15, -0.1) is 0 Å². The van der Waals surface area contributed by atoms with Crippen LogP contribution in [0.25, 0.3) is 0 Å². The van der Waals surface area contributed by atoms with Gasteiger partial charge in [0.1, 0.15) is 0 Å². The van der Waals surface area contributed by atoms with Gasteiger partial charge in [0.2, 0.25) is 5.91 Å². The maximum atomic E-state index is 12.1. The predicted octanol–water partition coefficient (Wildman–Crippen LogP) is 1.99. The van der Waals surface area contributed by atoms with Gasteiger partial charge in [-0.25, -0.2) is 0 Å². The molecule has 0 atom stereocenters. The van der Waals surface area contributed by atoms with Gasteiger partial charge in [0, 0.05) is 22.4 Å². The predicted molar refractivity (Wildman–Crippen MR) is 91.9 cm³/mol. The van der Waals surface area contributed by atoms with Crippen LogP contribution in [0.4, 0.5) is 0 Å². The normalized spacial score (nSPS) is 15.8. The summed E-state index contributed by atoms with van der Waals surface area (Å²) in [6.07, 6.45) is 0.329. The summed E-state index contributed by atoms with van der Waals surface area (Å²) in [5.74, 6) is -0.132. The fraction of sp³-hybridized carbons (Fsp3) is 0.385. The molecule has 21 heavy (non-hydrogen) atoms. The molecule has 1 fully saturated rings. The molecule has 1 aromatic carbocycles. The van der Waals surface area contributed by atoms with Crippen molar-refractivity contribution in [1.29, 1.82) is 0 Å². The Balaban J connectivity index is 2.07. The van der Waals surface area contributed by atoms with Gasteiger partial charge >= 0.3 is 0 Å². The quantitative estimate of drug-likeness (QED) is 0.499. The fourth-order valence-electron chi connectivity index (χ4n) is 2.12.